The SMILES string of the molecule is C[C@H](N[C@@H](c1ccccc1)c1c(O)ccc2ccccc12)c1ccccc1. The van der Waals surface area contributed by atoms with Crippen LogP contribution >= 0.6 is 0 Å². The molecule has 0 heterocycles. The lowest BCUT2D eigenvalue weighted by atomic mass is 9.91. The second kappa shape index (κ2) is 7.65. The molecule has 0 radical (unpaired) electrons. The second-order valence-electron chi connectivity index (χ2n) is 6.86. The van der Waals surface area contributed by atoms with E-state index in [9.17, 15) is 5.11 Å². The predicted octanol–water partition coefficient (Wildman–Crippen LogP) is 5.99. The zero-order valence-corrected chi connectivity index (χ0v) is 15.3. The van der Waals surface area contributed by atoms with Crippen LogP contribution in [0, 0.1) is 0 Å². The normalized spacial score (nSPS) is 13.4. The van der Waals surface area contributed by atoms with Crippen molar-refractivity contribution in [1.29, 1.82) is 0 Å². The van der Waals surface area contributed by atoms with E-state index in [4.69, 9.17) is 0 Å². The lowest BCUT2D eigenvalue weighted by molar-refractivity contribution is 0.449. The van der Waals surface area contributed by atoms with E-state index in [-0.39, 0.29) is 12.1 Å². The van der Waals surface area contributed by atoms with Crippen LogP contribution in [-0.4, -0.2) is 5.11 Å². The Morgan fingerprint density at radius 3 is 1.96 bits per heavy atom. The van der Waals surface area contributed by atoms with E-state index in [1.807, 2.05) is 42.5 Å². The fraction of sp³-hybridized carbons (Fsp3) is 0.120. The van der Waals surface area contributed by atoms with Crippen molar-refractivity contribution in [2.45, 2.75) is 19.0 Å². The van der Waals surface area contributed by atoms with Gasteiger partial charge in [-0.05, 0) is 34.9 Å². The highest BCUT2D eigenvalue weighted by Crippen LogP contribution is 2.37. The van der Waals surface area contributed by atoms with Crippen LogP contribution in [-0.2, 0) is 0 Å². The van der Waals surface area contributed by atoms with Gasteiger partial charge in [-0.1, -0.05) is 91.0 Å². The van der Waals surface area contributed by atoms with E-state index in [1.165, 1.54) is 5.56 Å². The minimum Gasteiger partial charge on any atom is -0.508 e. The van der Waals surface area contributed by atoms with Crippen molar-refractivity contribution in [3.05, 3.63) is 114 Å². The molecule has 0 aromatic heterocycles. The Kier molecular flexibility index (Phi) is 4.91. The Morgan fingerprint density at radius 1 is 0.667 bits per heavy atom. The van der Waals surface area contributed by atoms with Gasteiger partial charge in [-0.25, -0.2) is 0 Å². The summed E-state index contributed by atoms with van der Waals surface area (Å²) in [5.41, 5.74) is 3.27. The Balaban J connectivity index is 1.84. The van der Waals surface area contributed by atoms with Gasteiger partial charge in [-0.2, -0.15) is 0 Å². The van der Waals surface area contributed by atoms with Crippen molar-refractivity contribution in [2.75, 3.05) is 0 Å². The van der Waals surface area contributed by atoms with Gasteiger partial charge in [0.05, 0.1) is 6.04 Å². The first-order valence-corrected chi connectivity index (χ1v) is 9.30. The molecule has 0 aliphatic carbocycles. The number of phenols is 1. The number of hydrogen-bond donors (Lipinski definition) is 2. The standard InChI is InChI=1S/C25H23NO/c1-18(19-10-4-2-5-11-19)26-25(21-13-6-3-7-14-21)24-22-15-9-8-12-20(22)16-17-23(24)27/h2-18,25-27H,1H3/t18-,25-/m0/s1. The van der Waals surface area contributed by atoms with Gasteiger partial charge >= 0.3 is 0 Å². The summed E-state index contributed by atoms with van der Waals surface area (Å²) in [7, 11) is 0. The number of nitrogens with one attached hydrogen (secondary N) is 1. The molecule has 0 aliphatic heterocycles. The van der Waals surface area contributed by atoms with Gasteiger partial charge in [-0.15, -0.1) is 0 Å². The van der Waals surface area contributed by atoms with Crippen LogP contribution in [0.2, 0.25) is 0 Å². The first kappa shape index (κ1) is 17.3. The molecule has 0 spiro atoms. The van der Waals surface area contributed by atoms with Crippen LogP contribution in [0.15, 0.2) is 97.1 Å². The van der Waals surface area contributed by atoms with Gasteiger partial charge in [0.2, 0.25) is 0 Å². The maximum atomic E-state index is 10.8. The van der Waals surface area contributed by atoms with Crippen molar-refractivity contribution in [3.8, 4) is 5.75 Å². The Labute approximate surface area is 160 Å². The molecule has 0 unspecified atom stereocenters. The summed E-state index contributed by atoms with van der Waals surface area (Å²) in [4.78, 5) is 0. The van der Waals surface area contributed by atoms with Gasteiger partial charge in [0.15, 0.2) is 0 Å². The van der Waals surface area contributed by atoms with Gasteiger partial charge in [0.1, 0.15) is 5.75 Å². The third-order valence-electron chi connectivity index (χ3n) is 5.09. The van der Waals surface area contributed by atoms with Gasteiger partial charge in [0, 0.05) is 11.6 Å². The van der Waals surface area contributed by atoms with E-state index in [0.717, 1.165) is 21.9 Å². The van der Waals surface area contributed by atoms with Gasteiger partial charge in [-0.3, -0.25) is 5.32 Å². The fourth-order valence-electron chi connectivity index (χ4n) is 3.67. The summed E-state index contributed by atoms with van der Waals surface area (Å²) in [6, 6.07) is 32.7. The number of benzene rings is 4. The molecule has 4 rings (SSSR count). The molecule has 0 saturated carbocycles. The topological polar surface area (TPSA) is 32.3 Å². The third-order valence-corrected chi connectivity index (χ3v) is 5.09. The average molecular weight is 353 g/mol. The number of rotatable bonds is 5. The Hall–Kier alpha value is -3.10. The molecule has 27 heavy (non-hydrogen) atoms. The van der Waals surface area contributed by atoms with E-state index >= 15 is 0 Å². The van der Waals surface area contributed by atoms with Gasteiger partial charge < -0.3 is 5.11 Å². The lowest BCUT2D eigenvalue weighted by Gasteiger charge is -2.26. The maximum absolute atomic E-state index is 10.8. The van der Waals surface area contributed by atoms with Crippen LogP contribution in [0.25, 0.3) is 10.8 Å². The van der Waals surface area contributed by atoms with Crippen molar-refractivity contribution in [3.63, 3.8) is 0 Å². The third kappa shape index (κ3) is 3.57. The summed E-state index contributed by atoms with van der Waals surface area (Å²) in [6.45, 7) is 2.16. The van der Waals surface area contributed by atoms with Crippen molar-refractivity contribution >= 4 is 10.8 Å². The van der Waals surface area contributed by atoms with Crippen LogP contribution in [0.5, 0.6) is 5.75 Å². The molecule has 0 fully saturated rings. The zero-order chi connectivity index (χ0) is 18.6. The molecule has 4 aromatic carbocycles. The highest BCUT2D eigenvalue weighted by Gasteiger charge is 2.22. The highest BCUT2D eigenvalue weighted by molar-refractivity contribution is 5.88. The molecule has 134 valence electrons. The second-order valence-corrected chi connectivity index (χ2v) is 6.86. The smallest absolute Gasteiger partial charge is 0.121 e. The minimum absolute atomic E-state index is 0.118. The number of phenolic OH excluding ortho intramolecular Hbond substituents is 1. The molecule has 2 heteroatoms. The monoisotopic (exact) mass is 353 g/mol. The van der Waals surface area contributed by atoms with Crippen molar-refractivity contribution < 1.29 is 5.11 Å². The zero-order valence-electron chi connectivity index (χ0n) is 15.3. The molecular weight excluding hydrogens is 330 g/mol. The average Bonchev–Trinajstić information content (AvgIpc) is 2.73. The molecular formula is C25H23NO. The molecule has 2 N–H and O–H groups in total. The summed E-state index contributed by atoms with van der Waals surface area (Å²) in [5, 5.41) is 16.7. The molecule has 2 nitrogen and oxygen atoms in total. The Bertz CT molecular complexity index is 1030. The van der Waals surface area contributed by atoms with Gasteiger partial charge in [0.25, 0.3) is 0 Å². The summed E-state index contributed by atoms with van der Waals surface area (Å²) in [5.74, 6) is 0.315. The van der Waals surface area contributed by atoms with Crippen LogP contribution in [0.1, 0.15) is 35.7 Å². The number of hydrogen-bond acceptors (Lipinski definition) is 2. The highest BCUT2D eigenvalue weighted by atomic mass is 16.3. The van der Waals surface area contributed by atoms with E-state index in [1.54, 1.807) is 6.07 Å². The quantitative estimate of drug-likeness (QED) is 0.462. The van der Waals surface area contributed by atoms with E-state index < -0.39 is 0 Å². The molecule has 0 saturated heterocycles. The van der Waals surface area contributed by atoms with Crippen molar-refractivity contribution in [2.24, 2.45) is 0 Å². The van der Waals surface area contributed by atoms with Crippen molar-refractivity contribution in [1.82, 2.24) is 5.32 Å². The molecule has 2 atom stereocenters. The maximum Gasteiger partial charge on any atom is 0.121 e. The first-order chi connectivity index (χ1) is 13.2. The van der Waals surface area contributed by atoms with E-state index in [0.29, 0.717) is 5.75 Å². The van der Waals surface area contributed by atoms with E-state index in [2.05, 4.69) is 60.8 Å². The predicted molar refractivity (Wildman–Crippen MR) is 112 cm³/mol. The minimum atomic E-state index is -0.118. The van der Waals surface area contributed by atoms with Crippen LogP contribution < -0.4 is 5.32 Å². The molecule has 4 aromatic rings. The molecule has 0 amide bonds. The number of aromatic hydroxyl groups is 1. The summed E-state index contributed by atoms with van der Waals surface area (Å²) < 4.78 is 0. The summed E-state index contributed by atoms with van der Waals surface area (Å²) >= 11 is 0. The summed E-state index contributed by atoms with van der Waals surface area (Å²) in [6.07, 6.45) is 0. The fourth-order valence-corrected chi connectivity index (χ4v) is 3.67. The van der Waals surface area contributed by atoms with Crippen LogP contribution in [0.3, 0.4) is 0 Å². The Morgan fingerprint density at radius 2 is 1.26 bits per heavy atom. The van der Waals surface area contributed by atoms with Crippen LogP contribution in [0.4, 0.5) is 0 Å². The number of fused-ring (bicyclic) bond motifs is 1. The first-order valence-electron chi connectivity index (χ1n) is 9.30. The lowest BCUT2D eigenvalue weighted by Crippen LogP contribution is -2.26. The molecule has 0 aliphatic rings. The molecule has 0 bridgehead atoms. The largest absolute Gasteiger partial charge is 0.508 e.